The van der Waals surface area contributed by atoms with Crippen LogP contribution in [0.15, 0.2) is 64.5 Å². The zero-order chi connectivity index (χ0) is 23.3. The summed E-state index contributed by atoms with van der Waals surface area (Å²) in [4.78, 5) is 19.0. The molecule has 7 nitrogen and oxygen atoms in total. The highest BCUT2D eigenvalue weighted by molar-refractivity contribution is 7.90. The molecular formula is C25H32N4O3S. The molecule has 176 valence electrons. The van der Waals surface area contributed by atoms with Gasteiger partial charge in [-0.05, 0) is 68.8 Å². The molecule has 2 aromatic rings. The fourth-order valence-corrected chi connectivity index (χ4v) is 5.84. The second kappa shape index (κ2) is 10.5. The van der Waals surface area contributed by atoms with Crippen LogP contribution in [0.3, 0.4) is 0 Å². The molecule has 0 saturated heterocycles. The number of amides is 1. The minimum absolute atomic E-state index is 0.113. The molecular weight excluding hydrogens is 436 g/mol. The lowest BCUT2D eigenvalue weighted by Gasteiger charge is -2.34. The first-order valence-electron chi connectivity index (χ1n) is 11.6. The van der Waals surface area contributed by atoms with Crippen molar-refractivity contribution in [1.82, 2.24) is 9.62 Å². The van der Waals surface area contributed by atoms with E-state index in [1.807, 2.05) is 13.1 Å². The van der Waals surface area contributed by atoms with Gasteiger partial charge in [-0.1, -0.05) is 36.4 Å². The number of likely N-dealkylation sites (N-methyl/N-ethyl adjacent to an activating group) is 1. The van der Waals surface area contributed by atoms with Crippen molar-refractivity contribution >= 4 is 27.5 Å². The first-order valence-corrected chi connectivity index (χ1v) is 13.1. The molecule has 1 aliphatic heterocycles. The van der Waals surface area contributed by atoms with E-state index in [1.54, 1.807) is 12.1 Å². The molecule has 0 aromatic heterocycles. The number of nitrogens with zero attached hydrogens (tertiary/aromatic N) is 2. The number of anilines is 1. The van der Waals surface area contributed by atoms with Crippen LogP contribution in [-0.2, 0) is 14.8 Å². The summed E-state index contributed by atoms with van der Waals surface area (Å²) in [6, 6.07) is 17.4. The van der Waals surface area contributed by atoms with Crippen molar-refractivity contribution in [2.24, 2.45) is 4.99 Å². The van der Waals surface area contributed by atoms with Crippen LogP contribution >= 0.6 is 0 Å². The van der Waals surface area contributed by atoms with Gasteiger partial charge in [0.15, 0.2) is 0 Å². The quantitative estimate of drug-likeness (QED) is 0.647. The average molecular weight is 469 g/mol. The minimum atomic E-state index is -3.71. The number of amidine groups is 1. The van der Waals surface area contributed by atoms with Gasteiger partial charge >= 0.3 is 0 Å². The van der Waals surface area contributed by atoms with Gasteiger partial charge in [-0.2, -0.15) is 0 Å². The Morgan fingerprint density at radius 3 is 2.52 bits per heavy atom. The number of rotatable bonds is 7. The van der Waals surface area contributed by atoms with Gasteiger partial charge in [0.1, 0.15) is 5.84 Å². The molecule has 8 heteroatoms. The van der Waals surface area contributed by atoms with Crippen LogP contribution in [0.2, 0.25) is 0 Å². The van der Waals surface area contributed by atoms with E-state index in [0.29, 0.717) is 36.4 Å². The predicted octanol–water partition coefficient (Wildman–Crippen LogP) is 3.75. The summed E-state index contributed by atoms with van der Waals surface area (Å²) >= 11 is 0. The second-order valence-electron chi connectivity index (χ2n) is 8.94. The highest BCUT2D eigenvalue weighted by atomic mass is 32.2. The molecule has 0 bridgehead atoms. The smallest absolute Gasteiger partial charge is 0.262 e. The Kier molecular flexibility index (Phi) is 7.45. The van der Waals surface area contributed by atoms with Gasteiger partial charge in [0.05, 0.1) is 11.4 Å². The number of sulfonamides is 1. The lowest BCUT2D eigenvalue weighted by Crippen LogP contribution is -2.39. The van der Waals surface area contributed by atoms with E-state index in [-0.39, 0.29) is 17.3 Å². The van der Waals surface area contributed by atoms with Gasteiger partial charge in [-0.3, -0.25) is 19.4 Å². The van der Waals surface area contributed by atoms with Crippen LogP contribution in [-0.4, -0.2) is 51.2 Å². The minimum Gasteiger partial charge on any atom is -0.325 e. The summed E-state index contributed by atoms with van der Waals surface area (Å²) < 4.78 is 27.8. The number of carbonyl (C=O) groups is 1. The third-order valence-corrected chi connectivity index (χ3v) is 7.92. The maximum atomic E-state index is 12.7. The molecule has 1 aliphatic carbocycles. The highest BCUT2D eigenvalue weighted by Gasteiger charge is 2.26. The Morgan fingerprint density at radius 2 is 1.82 bits per heavy atom. The summed E-state index contributed by atoms with van der Waals surface area (Å²) in [7, 11) is -1.73. The van der Waals surface area contributed by atoms with Gasteiger partial charge in [-0.15, -0.1) is 0 Å². The van der Waals surface area contributed by atoms with Crippen molar-refractivity contribution in [2.75, 3.05) is 25.5 Å². The Hall–Kier alpha value is -2.71. The van der Waals surface area contributed by atoms with Crippen molar-refractivity contribution in [3.8, 4) is 0 Å². The van der Waals surface area contributed by atoms with E-state index in [1.165, 1.54) is 17.7 Å². The third-order valence-electron chi connectivity index (χ3n) is 6.54. The van der Waals surface area contributed by atoms with Crippen LogP contribution < -0.4 is 10.0 Å². The molecule has 0 unspecified atom stereocenters. The lowest BCUT2D eigenvalue weighted by molar-refractivity contribution is -0.117. The molecule has 2 aliphatic rings. The van der Waals surface area contributed by atoms with Crippen LogP contribution in [0.1, 0.15) is 50.0 Å². The molecule has 1 heterocycles. The van der Waals surface area contributed by atoms with Gasteiger partial charge in [0.2, 0.25) is 5.91 Å². The lowest BCUT2D eigenvalue weighted by atomic mass is 9.81. The summed E-state index contributed by atoms with van der Waals surface area (Å²) in [5.41, 5.74) is 1.87. The fraction of sp³-hybridized carbons (Fsp3) is 0.440. The van der Waals surface area contributed by atoms with Crippen molar-refractivity contribution in [1.29, 1.82) is 0 Å². The maximum Gasteiger partial charge on any atom is 0.262 e. The molecule has 0 atom stereocenters. The first kappa shape index (κ1) is 23.4. The third kappa shape index (κ3) is 6.21. The van der Waals surface area contributed by atoms with Gasteiger partial charge in [0.25, 0.3) is 10.0 Å². The standard InChI is InChI=1S/C25H32N4O3S/c1-29(22-14-12-20(13-15-22)19-7-3-2-4-8-19)18-25(30)27-21-9-5-10-23(17-21)33(31,32)28-24-11-6-16-26-24/h2-5,7-10,17,20,22H,6,11-16,18H2,1H3,(H,26,28)(H,27,30). The normalized spacial score (nSPS) is 21.0. The van der Waals surface area contributed by atoms with E-state index in [0.717, 1.165) is 32.1 Å². The van der Waals surface area contributed by atoms with Crippen molar-refractivity contribution in [2.45, 2.75) is 55.4 Å². The first-order chi connectivity index (χ1) is 15.9. The Morgan fingerprint density at radius 1 is 1.06 bits per heavy atom. The summed E-state index contributed by atoms with van der Waals surface area (Å²) in [5.74, 6) is 0.941. The van der Waals surface area contributed by atoms with E-state index < -0.39 is 10.0 Å². The maximum absolute atomic E-state index is 12.7. The average Bonchev–Trinajstić information content (AvgIpc) is 3.32. The number of hydrogen-bond acceptors (Lipinski definition) is 5. The Balaban J connectivity index is 1.29. The Bertz CT molecular complexity index is 1090. The molecule has 1 amide bonds. The van der Waals surface area contributed by atoms with Gasteiger partial charge in [-0.25, -0.2) is 8.42 Å². The van der Waals surface area contributed by atoms with E-state index in [9.17, 15) is 13.2 Å². The number of aliphatic imine (C=N–C) groups is 1. The molecule has 0 radical (unpaired) electrons. The van der Waals surface area contributed by atoms with Crippen LogP contribution in [0.4, 0.5) is 5.69 Å². The van der Waals surface area contributed by atoms with E-state index in [4.69, 9.17) is 0 Å². The SMILES string of the molecule is CN(CC(=O)Nc1cccc(S(=O)(=O)NC2=NCCC2)c1)C1CCC(c2ccccc2)CC1. The molecule has 2 N–H and O–H groups in total. The predicted molar refractivity (Wildman–Crippen MR) is 131 cm³/mol. The van der Waals surface area contributed by atoms with Crippen molar-refractivity contribution in [3.05, 3.63) is 60.2 Å². The number of benzene rings is 2. The summed E-state index contributed by atoms with van der Waals surface area (Å²) in [6.07, 6.45) is 5.86. The van der Waals surface area contributed by atoms with Crippen LogP contribution in [0.25, 0.3) is 0 Å². The molecule has 33 heavy (non-hydrogen) atoms. The number of nitrogens with one attached hydrogen (secondary N) is 2. The van der Waals surface area contributed by atoms with Crippen molar-refractivity contribution in [3.63, 3.8) is 0 Å². The number of hydrogen-bond donors (Lipinski definition) is 2. The van der Waals surface area contributed by atoms with Gasteiger partial charge < -0.3 is 5.32 Å². The molecule has 1 fully saturated rings. The second-order valence-corrected chi connectivity index (χ2v) is 10.6. The van der Waals surface area contributed by atoms with E-state index >= 15 is 0 Å². The fourth-order valence-electron chi connectivity index (χ4n) is 4.71. The largest absolute Gasteiger partial charge is 0.325 e. The van der Waals surface area contributed by atoms with Crippen LogP contribution in [0, 0.1) is 0 Å². The molecule has 2 aromatic carbocycles. The van der Waals surface area contributed by atoms with Crippen LogP contribution in [0.5, 0.6) is 0 Å². The molecule has 4 rings (SSSR count). The summed E-state index contributed by atoms with van der Waals surface area (Å²) in [6.45, 7) is 0.919. The molecule has 0 spiro atoms. The molecule has 1 saturated carbocycles. The van der Waals surface area contributed by atoms with Crippen molar-refractivity contribution < 1.29 is 13.2 Å². The number of carbonyl (C=O) groups excluding carboxylic acids is 1. The summed E-state index contributed by atoms with van der Waals surface area (Å²) in [5, 5.41) is 2.85. The van der Waals surface area contributed by atoms with Gasteiger partial charge in [0, 0.05) is 24.7 Å². The topological polar surface area (TPSA) is 90.9 Å². The zero-order valence-electron chi connectivity index (χ0n) is 19.0. The van der Waals surface area contributed by atoms with E-state index in [2.05, 4.69) is 44.2 Å². The highest BCUT2D eigenvalue weighted by Crippen LogP contribution is 2.34. The monoisotopic (exact) mass is 468 g/mol. The zero-order valence-corrected chi connectivity index (χ0v) is 19.9. The Labute approximate surface area is 196 Å².